The average molecular weight is 303 g/mol. The second-order valence-electron chi connectivity index (χ2n) is 4.77. The standard InChI is InChI=1S/C16H21N3OS/c1-2-14-6-7-15(21-14)16(20)19-10-4-9-18-12-13-5-3-8-17-11-13/h3,5-8,11,18H,2,4,9-10,12H2,1H3,(H,19,20). The predicted octanol–water partition coefficient (Wildman–Crippen LogP) is 2.62. The minimum Gasteiger partial charge on any atom is -0.351 e. The summed E-state index contributed by atoms with van der Waals surface area (Å²) < 4.78 is 0. The fraction of sp³-hybridized carbons (Fsp3) is 0.375. The molecule has 0 fully saturated rings. The van der Waals surface area contributed by atoms with Crippen LogP contribution in [-0.4, -0.2) is 24.0 Å². The van der Waals surface area contributed by atoms with Crippen molar-refractivity contribution in [1.29, 1.82) is 0 Å². The molecule has 0 atom stereocenters. The Balaban J connectivity index is 1.58. The lowest BCUT2D eigenvalue weighted by molar-refractivity contribution is 0.0957. The number of rotatable bonds is 8. The Hall–Kier alpha value is -1.72. The van der Waals surface area contributed by atoms with Crippen LogP contribution < -0.4 is 10.6 Å². The third-order valence-electron chi connectivity index (χ3n) is 3.10. The molecule has 0 saturated carbocycles. The third kappa shape index (κ3) is 5.28. The molecule has 112 valence electrons. The number of nitrogens with one attached hydrogen (secondary N) is 2. The van der Waals surface area contributed by atoms with Crippen LogP contribution in [-0.2, 0) is 13.0 Å². The van der Waals surface area contributed by atoms with Gasteiger partial charge in [-0.1, -0.05) is 13.0 Å². The van der Waals surface area contributed by atoms with Gasteiger partial charge in [0.25, 0.3) is 5.91 Å². The maximum atomic E-state index is 11.9. The highest BCUT2D eigenvalue weighted by atomic mass is 32.1. The van der Waals surface area contributed by atoms with Gasteiger partial charge in [-0.3, -0.25) is 9.78 Å². The number of amides is 1. The largest absolute Gasteiger partial charge is 0.351 e. The number of aryl methyl sites for hydroxylation is 1. The predicted molar refractivity (Wildman–Crippen MR) is 86.6 cm³/mol. The number of aromatic nitrogens is 1. The average Bonchev–Trinajstić information content (AvgIpc) is 3.00. The maximum Gasteiger partial charge on any atom is 0.261 e. The second-order valence-corrected chi connectivity index (χ2v) is 5.94. The first-order valence-electron chi connectivity index (χ1n) is 7.26. The Bertz CT molecular complexity index is 554. The molecule has 0 bridgehead atoms. The molecule has 2 aromatic rings. The molecule has 2 aromatic heterocycles. The van der Waals surface area contributed by atoms with Crippen molar-refractivity contribution < 1.29 is 4.79 Å². The van der Waals surface area contributed by atoms with Gasteiger partial charge in [0.05, 0.1) is 4.88 Å². The van der Waals surface area contributed by atoms with Crippen LogP contribution in [0.15, 0.2) is 36.7 Å². The molecule has 0 aromatic carbocycles. The third-order valence-corrected chi connectivity index (χ3v) is 4.33. The van der Waals surface area contributed by atoms with E-state index in [0.29, 0.717) is 6.54 Å². The summed E-state index contributed by atoms with van der Waals surface area (Å²) in [6.07, 6.45) is 5.53. The van der Waals surface area contributed by atoms with Gasteiger partial charge in [-0.2, -0.15) is 0 Å². The molecule has 2 N–H and O–H groups in total. The van der Waals surface area contributed by atoms with Crippen LogP contribution in [0.1, 0.15) is 33.5 Å². The van der Waals surface area contributed by atoms with E-state index in [1.54, 1.807) is 17.5 Å². The van der Waals surface area contributed by atoms with E-state index in [0.717, 1.165) is 30.8 Å². The lowest BCUT2D eigenvalue weighted by atomic mass is 10.3. The highest BCUT2D eigenvalue weighted by Crippen LogP contribution is 2.16. The van der Waals surface area contributed by atoms with Crippen LogP contribution in [0.2, 0.25) is 0 Å². The van der Waals surface area contributed by atoms with Crippen LogP contribution >= 0.6 is 11.3 Å². The summed E-state index contributed by atoms with van der Waals surface area (Å²) in [6, 6.07) is 7.90. The number of carbonyl (C=O) groups excluding carboxylic acids is 1. The Labute approximate surface area is 129 Å². The molecule has 0 saturated heterocycles. The van der Waals surface area contributed by atoms with Crippen molar-refractivity contribution in [2.45, 2.75) is 26.3 Å². The van der Waals surface area contributed by atoms with E-state index < -0.39 is 0 Å². The van der Waals surface area contributed by atoms with Gasteiger partial charge in [-0.25, -0.2) is 0 Å². The lowest BCUT2D eigenvalue weighted by Gasteiger charge is -2.05. The molecule has 0 radical (unpaired) electrons. The van der Waals surface area contributed by atoms with E-state index in [2.05, 4.69) is 22.5 Å². The van der Waals surface area contributed by atoms with Gasteiger partial charge in [-0.05, 0) is 43.1 Å². The Morgan fingerprint density at radius 1 is 1.29 bits per heavy atom. The van der Waals surface area contributed by atoms with Crippen molar-refractivity contribution >= 4 is 17.2 Å². The minimum absolute atomic E-state index is 0.0342. The van der Waals surface area contributed by atoms with Crippen molar-refractivity contribution in [2.75, 3.05) is 13.1 Å². The van der Waals surface area contributed by atoms with Gasteiger partial charge in [0.15, 0.2) is 0 Å². The van der Waals surface area contributed by atoms with Gasteiger partial charge >= 0.3 is 0 Å². The Kier molecular flexibility index (Phi) is 6.37. The van der Waals surface area contributed by atoms with Crippen LogP contribution in [0.25, 0.3) is 0 Å². The fourth-order valence-corrected chi connectivity index (χ4v) is 2.79. The summed E-state index contributed by atoms with van der Waals surface area (Å²) in [5.74, 6) is 0.0342. The van der Waals surface area contributed by atoms with E-state index in [-0.39, 0.29) is 5.91 Å². The fourth-order valence-electron chi connectivity index (χ4n) is 1.93. The van der Waals surface area contributed by atoms with Crippen molar-refractivity contribution in [3.63, 3.8) is 0 Å². The zero-order chi connectivity index (χ0) is 14.9. The molecule has 0 aliphatic carbocycles. The first kappa shape index (κ1) is 15.7. The van der Waals surface area contributed by atoms with E-state index in [4.69, 9.17) is 0 Å². The number of hydrogen-bond acceptors (Lipinski definition) is 4. The number of carbonyl (C=O) groups is 1. The van der Waals surface area contributed by atoms with Crippen molar-refractivity contribution in [3.05, 3.63) is 52.0 Å². The maximum absolute atomic E-state index is 11.9. The highest BCUT2D eigenvalue weighted by molar-refractivity contribution is 7.14. The number of nitrogens with zero attached hydrogens (tertiary/aromatic N) is 1. The van der Waals surface area contributed by atoms with Crippen LogP contribution in [0, 0.1) is 0 Å². The van der Waals surface area contributed by atoms with E-state index >= 15 is 0 Å². The summed E-state index contributed by atoms with van der Waals surface area (Å²) in [5.41, 5.74) is 1.17. The van der Waals surface area contributed by atoms with Gasteiger partial charge in [-0.15, -0.1) is 11.3 Å². The molecule has 2 heterocycles. The van der Waals surface area contributed by atoms with Crippen molar-refractivity contribution in [1.82, 2.24) is 15.6 Å². The first-order chi connectivity index (χ1) is 10.3. The molecule has 21 heavy (non-hydrogen) atoms. The van der Waals surface area contributed by atoms with Gasteiger partial charge < -0.3 is 10.6 Å². The highest BCUT2D eigenvalue weighted by Gasteiger charge is 2.07. The molecule has 0 unspecified atom stereocenters. The summed E-state index contributed by atoms with van der Waals surface area (Å²) in [5, 5.41) is 6.29. The zero-order valence-electron chi connectivity index (χ0n) is 12.3. The Morgan fingerprint density at radius 2 is 2.19 bits per heavy atom. The van der Waals surface area contributed by atoms with Crippen LogP contribution in [0.3, 0.4) is 0 Å². The summed E-state index contributed by atoms with van der Waals surface area (Å²) in [6.45, 7) is 4.48. The molecule has 2 rings (SSSR count). The Morgan fingerprint density at radius 3 is 2.90 bits per heavy atom. The first-order valence-corrected chi connectivity index (χ1v) is 8.07. The van der Waals surface area contributed by atoms with E-state index in [1.807, 2.05) is 30.5 Å². The summed E-state index contributed by atoms with van der Waals surface area (Å²) in [7, 11) is 0. The molecular weight excluding hydrogens is 282 g/mol. The smallest absolute Gasteiger partial charge is 0.261 e. The summed E-state index contributed by atoms with van der Waals surface area (Å²) >= 11 is 1.57. The molecule has 0 aliphatic heterocycles. The minimum atomic E-state index is 0.0342. The van der Waals surface area contributed by atoms with Gasteiger partial charge in [0, 0.05) is 30.4 Å². The molecular formula is C16H21N3OS. The topological polar surface area (TPSA) is 54.0 Å². The number of thiophene rings is 1. The van der Waals surface area contributed by atoms with Crippen molar-refractivity contribution in [3.8, 4) is 0 Å². The van der Waals surface area contributed by atoms with Crippen LogP contribution in [0.4, 0.5) is 0 Å². The van der Waals surface area contributed by atoms with E-state index in [1.165, 1.54) is 10.4 Å². The molecule has 5 heteroatoms. The zero-order valence-corrected chi connectivity index (χ0v) is 13.1. The van der Waals surface area contributed by atoms with Gasteiger partial charge in [0.1, 0.15) is 0 Å². The van der Waals surface area contributed by atoms with E-state index in [9.17, 15) is 4.79 Å². The molecule has 0 aliphatic rings. The normalized spacial score (nSPS) is 10.5. The molecule has 1 amide bonds. The monoisotopic (exact) mass is 303 g/mol. The molecule has 4 nitrogen and oxygen atoms in total. The lowest BCUT2D eigenvalue weighted by Crippen LogP contribution is -2.26. The second kappa shape index (κ2) is 8.54. The van der Waals surface area contributed by atoms with Crippen molar-refractivity contribution in [2.24, 2.45) is 0 Å². The van der Waals surface area contributed by atoms with Gasteiger partial charge in [0.2, 0.25) is 0 Å². The quantitative estimate of drug-likeness (QED) is 0.737. The molecule has 0 spiro atoms. The summed E-state index contributed by atoms with van der Waals surface area (Å²) in [4.78, 5) is 18.0. The number of hydrogen-bond donors (Lipinski definition) is 2. The van der Waals surface area contributed by atoms with Crippen LogP contribution in [0.5, 0.6) is 0 Å². The number of pyridine rings is 1. The SMILES string of the molecule is CCc1ccc(C(=O)NCCCNCc2cccnc2)s1.